The monoisotopic (exact) mass is 176 g/mol. The van der Waals surface area contributed by atoms with Gasteiger partial charge in [0.15, 0.2) is 0 Å². The third-order valence-electron chi connectivity index (χ3n) is 2.51. The molecule has 1 aliphatic heterocycles. The summed E-state index contributed by atoms with van der Waals surface area (Å²) in [5, 5.41) is 6.70. The van der Waals surface area contributed by atoms with E-state index in [1.807, 2.05) is 0 Å². The van der Waals surface area contributed by atoms with Crippen LogP contribution >= 0.6 is 0 Å². The molecule has 0 radical (unpaired) electrons. The van der Waals surface area contributed by atoms with E-state index in [0.717, 1.165) is 19.6 Å². The van der Waals surface area contributed by atoms with Crippen LogP contribution in [-0.4, -0.2) is 19.3 Å². The van der Waals surface area contributed by atoms with Gasteiger partial charge in [0.05, 0.1) is 0 Å². The van der Waals surface area contributed by atoms with Gasteiger partial charge in [-0.15, -0.1) is 0 Å². The van der Waals surface area contributed by atoms with E-state index in [0.29, 0.717) is 6.04 Å². The zero-order valence-corrected chi connectivity index (χ0v) is 8.01. The maximum Gasteiger partial charge on any atom is 0.0457 e. The number of aryl methyl sites for hydroxylation is 1. The Bertz CT molecular complexity index is 260. The van der Waals surface area contributed by atoms with Crippen molar-refractivity contribution in [2.75, 3.05) is 13.2 Å². The lowest BCUT2D eigenvalue weighted by Crippen LogP contribution is -2.25. The first-order valence-corrected chi connectivity index (χ1v) is 4.84. The summed E-state index contributed by atoms with van der Waals surface area (Å²) in [6.45, 7) is 4.17. The molecule has 1 atom stereocenters. The molecule has 1 aromatic rings. The van der Waals surface area contributed by atoms with Gasteiger partial charge in [-0.05, 0) is 18.9 Å². The molecule has 0 aromatic heterocycles. The van der Waals surface area contributed by atoms with Crippen molar-refractivity contribution in [3.8, 4) is 0 Å². The van der Waals surface area contributed by atoms with Gasteiger partial charge in [0.1, 0.15) is 0 Å². The van der Waals surface area contributed by atoms with E-state index in [-0.39, 0.29) is 0 Å². The Balaban J connectivity index is 1.97. The highest BCUT2D eigenvalue weighted by Gasteiger charge is 2.12. The third kappa shape index (κ3) is 2.29. The van der Waals surface area contributed by atoms with Crippen LogP contribution in [0, 0.1) is 6.92 Å². The highest BCUT2D eigenvalue weighted by atomic mass is 15.2. The normalized spacial score (nSPS) is 22.1. The molecule has 0 amide bonds. The molecule has 1 unspecified atom stereocenters. The van der Waals surface area contributed by atoms with Crippen LogP contribution in [0.4, 0.5) is 0 Å². The van der Waals surface area contributed by atoms with E-state index in [2.05, 4.69) is 41.8 Å². The zero-order valence-electron chi connectivity index (χ0n) is 8.01. The van der Waals surface area contributed by atoms with Crippen molar-refractivity contribution >= 4 is 0 Å². The van der Waals surface area contributed by atoms with Gasteiger partial charge in [-0.25, -0.2) is 0 Å². The minimum Gasteiger partial charge on any atom is -0.303 e. The zero-order chi connectivity index (χ0) is 9.10. The second-order valence-corrected chi connectivity index (χ2v) is 3.72. The lowest BCUT2D eigenvalue weighted by atomic mass is 10.1. The van der Waals surface area contributed by atoms with Gasteiger partial charge in [0.2, 0.25) is 0 Å². The van der Waals surface area contributed by atoms with Crippen molar-refractivity contribution < 1.29 is 0 Å². The summed E-state index contributed by atoms with van der Waals surface area (Å²) in [4.78, 5) is 0. The average Bonchev–Trinajstić information content (AvgIpc) is 2.62. The molecule has 0 bridgehead atoms. The van der Waals surface area contributed by atoms with Gasteiger partial charge in [-0.3, -0.25) is 0 Å². The van der Waals surface area contributed by atoms with Crippen LogP contribution in [0.2, 0.25) is 0 Å². The smallest absolute Gasteiger partial charge is 0.0457 e. The van der Waals surface area contributed by atoms with Crippen molar-refractivity contribution in [3.63, 3.8) is 0 Å². The highest BCUT2D eigenvalue weighted by Crippen LogP contribution is 2.06. The molecule has 2 heteroatoms. The molecule has 0 saturated carbocycles. The van der Waals surface area contributed by atoms with Crippen LogP contribution < -0.4 is 10.6 Å². The van der Waals surface area contributed by atoms with Gasteiger partial charge >= 0.3 is 0 Å². The van der Waals surface area contributed by atoms with Crippen molar-refractivity contribution in [2.24, 2.45) is 0 Å². The molecule has 1 heterocycles. The Morgan fingerprint density at radius 2 is 2.08 bits per heavy atom. The van der Waals surface area contributed by atoms with E-state index >= 15 is 0 Å². The summed E-state index contributed by atoms with van der Waals surface area (Å²) < 4.78 is 0. The maximum absolute atomic E-state index is 3.41. The van der Waals surface area contributed by atoms with Crippen molar-refractivity contribution in [1.82, 2.24) is 10.6 Å². The van der Waals surface area contributed by atoms with Gasteiger partial charge in [-0.2, -0.15) is 0 Å². The quantitative estimate of drug-likeness (QED) is 0.704. The fourth-order valence-corrected chi connectivity index (χ4v) is 1.69. The third-order valence-corrected chi connectivity index (χ3v) is 2.51. The first kappa shape index (κ1) is 8.73. The summed E-state index contributed by atoms with van der Waals surface area (Å²) in [6, 6.07) is 9.41. The molecule has 0 aliphatic carbocycles. The SMILES string of the molecule is Cc1ccc(CC2CNCN2)cc1. The molecule has 70 valence electrons. The standard InChI is InChI=1S/C11H16N2/c1-9-2-4-10(5-3-9)6-11-7-12-8-13-11/h2-5,11-13H,6-8H2,1H3. The number of rotatable bonds is 2. The van der Waals surface area contributed by atoms with Gasteiger partial charge in [0, 0.05) is 19.3 Å². The van der Waals surface area contributed by atoms with Crippen LogP contribution in [0.1, 0.15) is 11.1 Å². The summed E-state index contributed by atoms with van der Waals surface area (Å²) in [5.41, 5.74) is 2.76. The topological polar surface area (TPSA) is 24.1 Å². The van der Waals surface area contributed by atoms with Crippen LogP contribution in [-0.2, 0) is 6.42 Å². The van der Waals surface area contributed by atoms with Crippen LogP contribution in [0.3, 0.4) is 0 Å². The number of hydrogen-bond donors (Lipinski definition) is 2. The molecule has 2 nitrogen and oxygen atoms in total. The first-order chi connectivity index (χ1) is 6.34. The minimum atomic E-state index is 0.614. The fraction of sp³-hybridized carbons (Fsp3) is 0.455. The van der Waals surface area contributed by atoms with E-state index in [9.17, 15) is 0 Å². The summed E-state index contributed by atoms with van der Waals surface area (Å²) in [7, 11) is 0. The van der Waals surface area contributed by atoms with Crippen LogP contribution in [0.15, 0.2) is 24.3 Å². The molecule has 2 rings (SSSR count). The van der Waals surface area contributed by atoms with Gasteiger partial charge in [-0.1, -0.05) is 29.8 Å². The number of benzene rings is 1. The molecule has 2 N–H and O–H groups in total. The number of hydrogen-bond acceptors (Lipinski definition) is 2. The first-order valence-electron chi connectivity index (χ1n) is 4.84. The molecular weight excluding hydrogens is 160 g/mol. The molecule has 1 saturated heterocycles. The van der Waals surface area contributed by atoms with Crippen molar-refractivity contribution in [2.45, 2.75) is 19.4 Å². The largest absolute Gasteiger partial charge is 0.303 e. The van der Waals surface area contributed by atoms with Crippen molar-refractivity contribution in [3.05, 3.63) is 35.4 Å². The van der Waals surface area contributed by atoms with E-state index in [1.54, 1.807) is 0 Å². The summed E-state index contributed by atoms with van der Waals surface area (Å²) in [6.07, 6.45) is 1.13. The second kappa shape index (κ2) is 3.90. The molecule has 1 aliphatic rings. The lowest BCUT2D eigenvalue weighted by Gasteiger charge is -2.08. The lowest BCUT2D eigenvalue weighted by molar-refractivity contribution is 0.629. The number of nitrogens with one attached hydrogen (secondary N) is 2. The van der Waals surface area contributed by atoms with E-state index < -0.39 is 0 Å². The Hall–Kier alpha value is -0.860. The van der Waals surface area contributed by atoms with E-state index in [4.69, 9.17) is 0 Å². The minimum absolute atomic E-state index is 0.614. The van der Waals surface area contributed by atoms with E-state index in [1.165, 1.54) is 11.1 Å². The molecular formula is C11H16N2. The molecule has 1 aromatic carbocycles. The van der Waals surface area contributed by atoms with Crippen LogP contribution in [0.25, 0.3) is 0 Å². The highest BCUT2D eigenvalue weighted by molar-refractivity contribution is 5.22. The van der Waals surface area contributed by atoms with Crippen molar-refractivity contribution in [1.29, 1.82) is 0 Å². The molecule has 13 heavy (non-hydrogen) atoms. The average molecular weight is 176 g/mol. The predicted octanol–water partition coefficient (Wildman–Crippen LogP) is 1.06. The second-order valence-electron chi connectivity index (χ2n) is 3.72. The van der Waals surface area contributed by atoms with Crippen LogP contribution in [0.5, 0.6) is 0 Å². The van der Waals surface area contributed by atoms with Gasteiger partial charge in [0.25, 0.3) is 0 Å². The summed E-state index contributed by atoms with van der Waals surface area (Å²) in [5.74, 6) is 0. The molecule has 0 spiro atoms. The summed E-state index contributed by atoms with van der Waals surface area (Å²) >= 11 is 0. The van der Waals surface area contributed by atoms with Gasteiger partial charge < -0.3 is 10.6 Å². The predicted molar refractivity (Wildman–Crippen MR) is 54.7 cm³/mol. The Morgan fingerprint density at radius 3 is 2.69 bits per heavy atom. The molecule has 1 fully saturated rings. The Kier molecular flexibility index (Phi) is 2.62. The Morgan fingerprint density at radius 1 is 1.31 bits per heavy atom. The maximum atomic E-state index is 3.41. The Labute approximate surface area is 79.4 Å². The fourth-order valence-electron chi connectivity index (χ4n) is 1.69.